The van der Waals surface area contributed by atoms with Gasteiger partial charge >= 0.3 is 0 Å². The monoisotopic (exact) mass is 477 g/mol. The van der Waals surface area contributed by atoms with Gasteiger partial charge < -0.3 is 10.6 Å². The summed E-state index contributed by atoms with van der Waals surface area (Å²) in [6, 6.07) is 4.97. The van der Waals surface area contributed by atoms with Gasteiger partial charge in [0.1, 0.15) is 0 Å². The number of hydrogen-bond acceptors (Lipinski definition) is 4. The van der Waals surface area contributed by atoms with Gasteiger partial charge in [-0.05, 0) is 30.7 Å². The van der Waals surface area contributed by atoms with Crippen LogP contribution in [0, 0.1) is 5.92 Å². The molecule has 0 saturated carbocycles. The topological polar surface area (TPSA) is 42.9 Å². The maximum absolute atomic E-state index is 4.81. The molecule has 3 fully saturated rings. The van der Waals surface area contributed by atoms with Gasteiger partial charge in [-0.15, -0.1) is 35.3 Å². The van der Waals surface area contributed by atoms with Crippen LogP contribution in [-0.2, 0) is 6.42 Å². The molecule has 25 heavy (non-hydrogen) atoms. The summed E-state index contributed by atoms with van der Waals surface area (Å²) < 4.78 is 0. The van der Waals surface area contributed by atoms with Gasteiger partial charge in [-0.2, -0.15) is 0 Å². The molecule has 2 unspecified atom stereocenters. The molecule has 0 amide bonds. The number of thiophene rings is 1. The van der Waals surface area contributed by atoms with Crippen LogP contribution < -0.4 is 10.6 Å². The lowest BCUT2D eigenvalue weighted by atomic mass is 10.1. The van der Waals surface area contributed by atoms with Crippen LogP contribution in [0.15, 0.2) is 22.5 Å². The number of nitrogens with zero attached hydrogens (tertiary/aromatic N) is 3. The summed E-state index contributed by atoms with van der Waals surface area (Å²) in [7, 11) is 0. The summed E-state index contributed by atoms with van der Waals surface area (Å²) in [5.41, 5.74) is 0. The largest absolute Gasteiger partial charge is 0.357 e. The zero-order valence-corrected chi connectivity index (χ0v) is 18.6. The van der Waals surface area contributed by atoms with E-state index in [1.54, 1.807) is 0 Å². The average molecular weight is 477 g/mol. The summed E-state index contributed by atoms with van der Waals surface area (Å²) in [5.74, 6) is 1.54. The van der Waals surface area contributed by atoms with Crippen molar-refractivity contribution in [2.45, 2.75) is 26.3 Å². The molecule has 3 aliphatic heterocycles. The quantitative estimate of drug-likeness (QED) is 0.359. The first-order valence-electron chi connectivity index (χ1n) is 9.25. The van der Waals surface area contributed by atoms with Crippen LogP contribution in [0.4, 0.5) is 0 Å². The number of guanidine groups is 1. The molecule has 5 nitrogen and oxygen atoms in total. The molecular formula is C18H32IN5S. The van der Waals surface area contributed by atoms with Crippen LogP contribution in [0.2, 0.25) is 0 Å². The predicted octanol–water partition coefficient (Wildman–Crippen LogP) is 2.10. The summed E-state index contributed by atoms with van der Waals surface area (Å²) in [4.78, 5) is 11.5. The van der Waals surface area contributed by atoms with E-state index in [0.29, 0.717) is 12.0 Å². The lowest BCUT2D eigenvalue weighted by molar-refractivity contribution is 0.0154. The van der Waals surface area contributed by atoms with Crippen molar-refractivity contribution >= 4 is 41.3 Å². The highest BCUT2D eigenvalue weighted by molar-refractivity contribution is 14.0. The Labute approximate surface area is 173 Å². The summed E-state index contributed by atoms with van der Waals surface area (Å²) in [6.45, 7) is 13.3. The molecule has 0 radical (unpaired) electrons. The Morgan fingerprint density at radius 1 is 1.32 bits per heavy atom. The molecule has 4 heterocycles. The highest BCUT2D eigenvalue weighted by atomic mass is 127. The number of nitrogens with one attached hydrogen (secondary N) is 2. The fraction of sp³-hybridized carbons (Fsp3) is 0.722. The van der Waals surface area contributed by atoms with Gasteiger partial charge in [-0.1, -0.05) is 13.0 Å². The van der Waals surface area contributed by atoms with E-state index in [0.717, 1.165) is 32.0 Å². The lowest BCUT2D eigenvalue weighted by Crippen LogP contribution is -2.63. The maximum Gasteiger partial charge on any atom is 0.191 e. The molecule has 1 aromatic heterocycles. The lowest BCUT2D eigenvalue weighted by Gasteiger charge is -2.47. The van der Waals surface area contributed by atoms with Gasteiger partial charge in [-0.25, -0.2) is 0 Å². The second-order valence-electron chi connectivity index (χ2n) is 6.98. The van der Waals surface area contributed by atoms with Gasteiger partial charge in [-0.3, -0.25) is 14.8 Å². The minimum absolute atomic E-state index is 0. The molecule has 1 aromatic rings. The molecule has 2 bridgehead atoms. The second kappa shape index (κ2) is 10.7. The van der Waals surface area contributed by atoms with Gasteiger partial charge in [0.25, 0.3) is 0 Å². The molecule has 0 aliphatic carbocycles. The van der Waals surface area contributed by atoms with Crippen LogP contribution in [-0.4, -0.2) is 74.2 Å². The van der Waals surface area contributed by atoms with Gasteiger partial charge in [0.2, 0.25) is 0 Å². The number of aliphatic imine (C=N–C) groups is 1. The predicted molar refractivity (Wildman–Crippen MR) is 118 cm³/mol. The summed E-state index contributed by atoms with van der Waals surface area (Å²) in [5, 5.41) is 9.11. The number of halogens is 1. The first-order chi connectivity index (χ1) is 11.7. The van der Waals surface area contributed by atoms with Gasteiger partial charge in [0, 0.05) is 63.3 Å². The maximum atomic E-state index is 4.81. The van der Waals surface area contributed by atoms with E-state index in [-0.39, 0.29) is 24.0 Å². The van der Waals surface area contributed by atoms with E-state index >= 15 is 0 Å². The van der Waals surface area contributed by atoms with Crippen LogP contribution in [0.5, 0.6) is 0 Å². The van der Waals surface area contributed by atoms with Crippen molar-refractivity contribution in [3.8, 4) is 0 Å². The molecule has 2 N–H and O–H groups in total. The Balaban J connectivity index is 0.00000225. The molecule has 7 heteroatoms. The SMILES string of the molecule is CCNC(=NCC(C)Cc1cccs1)NCC1CN2CCN1CC2.I. The van der Waals surface area contributed by atoms with E-state index < -0.39 is 0 Å². The van der Waals surface area contributed by atoms with Crippen molar-refractivity contribution in [2.24, 2.45) is 10.9 Å². The van der Waals surface area contributed by atoms with Crippen molar-refractivity contribution in [3.63, 3.8) is 0 Å². The number of rotatable bonds is 7. The van der Waals surface area contributed by atoms with Gasteiger partial charge in [0.05, 0.1) is 0 Å². The summed E-state index contributed by atoms with van der Waals surface area (Å²) >= 11 is 1.84. The Bertz CT molecular complexity index is 514. The minimum Gasteiger partial charge on any atom is -0.357 e. The molecule has 3 aliphatic rings. The molecule has 3 saturated heterocycles. The van der Waals surface area contributed by atoms with E-state index in [2.05, 4.69) is 51.8 Å². The van der Waals surface area contributed by atoms with Crippen molar-refractivity contribution < 1.29 is 0 Å². The highest BCUT2D eigenvalue weighted by Gasteiger charge is 2.31. The Kier molecular flexibility index (Phi) is 8.95. The average Bonchev–Trinajstić information content (AvgIpc) is 3.11. The smallest absolute Gasteiger partial charge is 0.191 e. The van der Waals surface area contributed by atoms with E-state index in [9.17, 15) is 0 Å². The Hall–Kier alpha value is -0.380. The zero-order valence-electron chi connectivity index (χ0n) is 15.4. The standard InChI is InChI=1S/C18H31N5S.HI/c1-3-19-18(20-12-15(2)11-17-5-4-10-24-17)21-13-16-14-22-6-8-23(16)9-7-22;/h4-5,10,15-16H,3,6-9,11-14H2,1-2H3,(H2,19,20,21);1H. The van der Waals surface area contributed by atoms with E-state index in [1.807, 2.05) is 11.3 Å². The zero-order chi connectivity index (χ0) is 16.8. The minimum atomic E-state index is 0. The van der Waals surface area contributed by atoms with Gasteiger partial charge in [0.15, 0.2) is 5.96 Å². The highest BCUT2D eigenvalue weighted by Crippen LogP contribution is 2.15. The molecule has 0 spiro atoms. The molecular weight excluding hydrogens is 445 g/mol. The Morgan fingerprint density at radius 2 is 2.12 bits per heavy atom. The van der Waals surface area contributed by atoms with E-state index in [1.165, 1.54) is 37.6 Å². The van der Waals surface area contributed by atoms with Crippen molar-refractivity contribution in [1.29, 1.82) is 0 Å². The van der Waals surface area contributed by atoms with E-state index in [4.69, 9.17) is 4.99 Å². The fourth-order valence-corrected chi connectivity index (χ4v) is 4.43. The third-order valence-corrected chi connectivity index (χ3v) is 5.83. The number of piperazine rings is 3. The van der Waals surface area contributed by atoms with Crippen LogP contribution in [0.1, 0.15) is 18.7 Å². The third-order valence-electron chi connectivity index (χ3n) is 4.93. The van der Waals surface area contributed by atoms with Crippen LogP contribution in [0.25, 0.3) is 0 Å². The third kappa shape index (κ3) is 6.37. The number of fused-ring (bicyclic) bond motifs is 3. The van der Waals surface area contributed by atoms with Crippen molar-refractivity contribution in [1.82, 2.24) is 20.4 Å². The fourth-order valence-electron chi connectivity index (χ4n) is 3.56. The molecule has 2 atom stereocenters. The summed E-state index contributed by atoms with van der Waals surface area (Å²) in [6.07, 6.45) is 1.12. The van der Waals surface area contributed by atoms with Crippen LogP contribution >= 0.6 is 35.3 Å². The molecule has 142 valence electrons. The van der Waals surface area contributed by atoms with Crippen molar-refractivity contribution in [3.05, 3.63) is 22.4 Å². The number of hydrogen-bond donors (Lipinski definition) is 2. The second-order valence-corrected chi connectivity index (χ2v) is 8.01. The molecule has 4 rings (SSSR count). The first kappa shape index (κ1) is 20.9. The van der Waals surface area contributed by atoms with Crippen LogP contribution in [0.3, 0.4) is 0 Å². The first-order valence-corrected chi connectivity index (χ1v) is 10.1. The van der Waals surface area contributed by atoms with Crippen molar-refractivity contribution in [2.75, 3.05) is 52.4 Å². The normalized spacial score (nSPS) is 26.8. The Morgan fingerprint density at radius 3 is 2.72 bits per heavy atom. The molecule has 0 aromatic carbocycles.